The Bertz CT molecular complexity index is 692. The van der Waals surface area contributed by atoms with E-state index in [9.17, 15) is 14.5 Å². The van der Waals surface area contributed by atoms with Crippen molar-refractivity contribution in [3.63, 3.8) is 0 Å². The summed E-state index contributed by atoms with van der Waals surface area (Å²) in [5, 5.41) is 11.0. The zero-order valence-electron chi connectivity index (χ0n) is 11.0. The maximum atomic E-state index is 13.5. The van der Waals surface area contributed by atoms with Crippen LogP contribution in [0.1, 0.15) is 18.5 Å². The molecule has 2 aromatic rings. The number of nitrogens with two attached hydrogens (primary N) is 1. The van der Waals surface area contributed by atoms with Gasteiger partial charge in [-0.1, -0.05) is 17.7 Å². The normalized spacial score (nSPS) is 12.0. The maximum absolute atomic E-state index is 13.5. The first-order valence-electron chi connectivity index (χ1n) is 6.05. The fourth-order valence-electron chi connectivity index (χ4n) is 1.78. The van der Waals surface area contributed by atoms with Crippen LogP contribution < -0.4 is 10.5 Å². The van der Waals surface area contributed by atoms with Crippen molar-refractivity contribution in [2.24, 2.45) is 5.73 Å². The summed E-state index contributed by atoms with van der Waals surface area (Å²) in [7, 11) is 0. The van der Waals surface area contributed by atoms with Gasteiger partial charge in [-0.2, -0.15) is 4.39 Å². The quantitative estimate of drug-likeness (QED) is 0.678. The van der Waals surface area contributed by atoms with Gasteiger partial charge in [0, 0.05) is 23.2 Å². The molecule has 0 aliphatic rings. The Hall–Kier alpha value is -2.18. The van der Waals surface area contributed by atoms with Crippen LogP contribution in [0.3, 0.4) is 0 Å². The van der Waals surface area contributed by atoms with Gasteiger partial charge in [0.05, 0.1) is 4.92 Å². The zero-order chi connectivity index (χ0) is 15.6. The molecule has 0 amide bonds. The minimum atomic E-state index is -0.962. The summed E-state index contributed by atoms with van der Waals surface area (Å²) in [6, 6.07) is 8.00. The Morgan fingerprint density at radius 1 is 1.29 bits per heavy atom. The van der Waals surface area contributed by atoms with Crippen molar-refractivity contribution in [3.8, 4) is 11.5 Å². The molecule has 1 unspecified atom stereocenters. The predicted molar refractivity (Wildman–Crippen MR) is 77.2 cm³/mol. The van der Waals surface area contributed by atoms with Gasteiger partial charge in [-0.15, -0.1) is 0 Å². The summed E-state index contributed by atoms with van der Waals surface area (Å²) >= 11 is 6.07. The second-order valence-corrected chi connectivity index (χ2v) is 4.85. The number of nitrogens with zero attached hydrogens (tertiary/aromatic N) is 1. The van der Waals surface area contributed by atoms with Crippen molar-refractivity contribution in [2.45, 2.75) is 13.0 Å². The average Bonchev–Trinajstić information content (AvgIpc) is 2.37. The van der Waals surface area contributed by atoms with Crippen LogP contribution in [0.2, 0.25) is 5.02 Å². The molecular weight excluding hydrogens is 299 g/mol. The molecule has 2 aromatic carbocycles. The fraction of sp³-hybridized carbons (Fsp3) is 0.143. The molecule has 110 valence electrons. The lowest BCUT2D eigenvalue weighted by molar-refractivity contribution is -0.387. The highest BCUT2D eigenvalue weighted by Crippen LogP contribution is 2.30. The minimum absolute atomic E-state index is 0.141. The van der Waals surface area contributed by atoms with E-state index >= 15 is 0 Å². The number of rotatable bonds is 4. The van der Waals surface area contributed by atoms with Gasteiger partial charge in [-0.3, -0.25) is 10.1 Å². The molecule has 0 aliphatic heterocycles. The molecule has 0 fully saturated rings. The maximum Gasteiger partial charge on any atom is 0.305 e. The first-order chi connectivity index (χ1) is 9.88. The first-order valence-corrected chi connectivity index (χ1v) is 6.43. The van der Waals surface area contributed by atoms with Crippen molar-refractivity contribution >= 4 is 17.3 Å². The number of nitro groups is 1. The van der Waals surface area contributed by atoms with Crippen LogP contribution in [0.15, 0.2) is 36.4 Å². The van der Waals surface area contributed by atoms with Gasteiger partial charge in [-0.25, -0.2) is 0 Å². The molecule has 2 N–H and O–H groups in total. The van der Waals surface area contributed by atoms with E-state index in [1.165, 1.54) is 6.07 Å². The van der Waals surface area contributed by atoms with Gasteiger partial charge >= 0.3 is 5.69 Å². The van der Waals surface area contributed by atoms with Gasteiger partial charge in [0.2, 0.25) is 5.82 Å². The number of hydrogen-bond acceptors (Lipinski definition) is 4. The molecule has 0 saturated carbocycles. The van der Waals surface area contributed by atoms with Gasteiger partial charge in [0.1, 0.15) is 11.5 Å². The number of nitro benzene ring substituents is 1. The summed E-state index contributed by atoms with van der Waals surface area (Å²) in [5.74, 6) is -0.434. The molecule has 21 heavy (non-hydrogen) atoms. The molecule has 5 nitrogen and oxygen atoms in total. The Kier molecular flexibility index (Phi) is 4.40. The molecule has 0 saturated heterocycles. The zero-order valence-corrected chi connectivity index (χ0v) is 11.8. The lowest BCUT2D eigenvalue weighted by atomic mass is 10.1. The van der Waals surface area contributed by atoms with Crippen LogP contribution in [0.5, 0.6) is 11.5 Å². The van der Waals surface area contributed by atoms with Gasteiger partial charge < -0.3 is 10.5 Å². The van der Waals surface area contributed by atoms with Crippen LogP contribution in [-0.4, -0.2) is 4.92 Å². The lowest BCUT2D eigenvalue weighted by Gasteiger charge is -2.11. The SMILES string of the molecule is CC(N)c1ccc(Oc2ccc([N+](=O)[O-])c(F)c2)cc1Cl. The molecule has 1 atom stereocenters. The number of ether oxygens (including phenoxy) is 1. The standard InChI is InChI=1S/C14H12ClFN2O3/c1-8(17)11-4-2-9(6-12(11)15)21-10-3-5-14(18(19)20)13(16)7-10/h2-8H,17H2,1H3. The van der Waals surface area contributed by atoms with Crippen molar-refractivity contribution < 1.29 is 14.1 Å². The highest BCUT2D eigenvalue weighted by Gasteiger charge is 2.15. The van der Waals surface area contributed by atoms with E-state index in [-0.39, 0.29) is 11.8 Å². The van der Waals surface area contributed by atoms with Crippen molar-refractivity contribution in [1.82, 2.24) is 0 Å². The van der Waals surface area contributed by atoms with Crippen LogP contribution in [0, 0.1) is 15.9 Å². The number of hydrogen-bond donors (Lipinski definition) is 1. The molecule has 0 spiro atoms. The summed E-state index contributed by atoms with van der Waals surface area (Å²) in [6.07, 6.45) is 0. The predicted octanol–water partition coefficient (Wildman–Crippen LogP) is 4.20. The number of halogens is 2. The van der Waals surface area contributed by atoms with E-state index in [0.29, 0.717) is 10.8 Å². The average molecular weight is 311 g/mol. The van der Waals surface area contributed by atoms with Gasteiger partial charge in [0.25, 0.3) is 0 Å². The van der Waals surface area contributed by atoms with Crippen LogP contribution in [-0.2, 0) is 0 Å². The smallest absolute Gasteiger partial charge is 0.305 e. The van der Waals surface area contributed by atoms with E-state index in [0.717, 1.165) is 17.7 Å². The molecule has 0 heterocycles. The Morgan fingerprint density at radius 3 is 2.43 bits per heavy atom. The minimum Gasteiger partial charge on any atom is -0.457 e. The van der Waals surface area contributed by atoms with Crippen LogP contribution in [0.25, 0.3) is 0 Å². The third-order valence-corrected chi connectivity index (χ3v) is 3.14. The first kappa shape index (κ1) is 15.2. The second kappa shape index (κ2) is 6.07. The molecule has 0 aliphatic carbocycles. The van der Waals surface area contributed by atoms with E-state index in [4.69, 9.17) is 22.1 Å². The summed E-state index contributed by atoms with van der Waals surface area (Å²) < 4.78 is 18.9. The molecule has 2 rings (SSSR count). The summed E-state index contributed by atoms with van der Waals surface area (Å²) in [5.41, 5.74) is 5.90. The highest BCUT2D eigenvalue weighted by atomic mass is 35.5. The van der Waals surface area contributed by atoms with Crippen molar-refractivity contribution in [2.75, 3.05) is 0 Å². The second-order valence-electron chi connectivity index (χ2n) is 4.44. The molecule has 0 radical (unpaired) electrons. The van der Waals surface area contributed by atoms with Crippen molar-refractivity contribution in [3.05, 3.63) is 62.9 Å². The Morgan fingerprint density at radius 2 is 1.90 bits per heavy atom. The largest absolute Gasteiger partial charge is 0.457 e. The van der Waals surface area contributed by atoms with E-state index in [1.54, 1.807) is 25.1 Å². The van der Waals surface area contributed by atoms with E-state index in [2.05, 4.69) is 0 Å². The van der Waals surface area contributed by atoms with Gasteiger partial charge in [0.15, 0.2) is 0 Å². The van der Waals surface area contributed by atoms with Crippen LogP contribution >= 0.6 is 11.6 Å². The molecule has 0 bridgehead atoms. The van der Waals surface area contributed by atoms with E-state index in [1.807, 2.05) is 0 Å². The topological polar surface area (TPSA) is 78.4 Å². The Balaban J connectivity index is 2.24. The van der Waals surface area contributed by atoms with Crippen molar-refractivity contribution in [1.29, 1.82) is 0 Å². The third-order valence-electron chi connectivity index (χ3n) is 2.81. The summed E-state index contributed by atoms with van der Waals surface area (Å²) in [4.78, 5) is 9.73. The van der Waals surface area contributed by atoms with Gasteiger partial charge in [-0.05, 0) is 30.7 Å². The summed E-state index contributed by atoms with van der Waals surface area (Å²) in [6.45, 7) is 1.80. The molecule has 7 heteroatoms. The monoisotopic (exact) mass is 310 g/mol. The lowest BCUT2D eigenvalue weighted by Crippen LogP contribution is -2.05. The molecule has 0 aromatic heterocycles. The number of benzene rings is 2. The van der Waals surface area contributed by atoms with Crippen LogP contribution in [0.4, 0.5) is 10.1 Å². The highest BCUT2D eigenvalue weighted by molar-refractivity contribution is 6.31. The third kappa shape index (κ3) is 3.48. The van der Waals surface area contributed by atoms with E-state index < -0.39 is 16.4 Å². The molecular formula is C14H12ClFN2O3. The fourth-order valence-corrected chi connectivity index (χ4v) is 2.12. The Labute approximate surface area is 125 Å².